The topological polar surface area (TPSA) is 82.2 Å². The molecule has 2 atom stereocenters. The summed E-state index contributed by atoms with van der Waals surface area (Å²) in [5.74, 6) is -0.426. The number of rotatable bonds is 7. The molecule has 2 aliphatic rings. The molecule has 2 aromatic carbocycles. The molecule has 0 radical (unpaired) electrons. The number of likely N-dealkylation sites (tertiary alicyclic amines) is 1. The molecule has 10 heteroatoms. The number of methoxy groups -OCH3 is 1. The Morgan fingerprint density at radius 3 is 2.54 bits per heavy atom. The Balaban J connectivity index is 1.44. The number of piperazine rings is 1. The molecule has 2 saturated heterocycles. The Bertz CT molecular complexity index is 1250. The van der Waals surface area contributed by atoms with Gasteiger partial charge in [0, 0.05) is 63.0 Å². The highest BCUT2D eigenvalue weighted by molar-refractivity contribution is 6.32. The minimum atomic E-state index is -0.547. The summed E-state index contributed by atoms with van der Waals surface area (Å²) in [5, 5.41) is 3.21. The second kappa shape index (κ2) is 12.6. The predicted octanol–water partition coefficient (Wildman–Crippen LogP) is 4.18. The van der Waals surface area contributed by atoms with Gasteiger partial charge in [0.25, 0.3) is 0 Å². The van der Waals surface area contributed by atoms with E-state index in [-0.39, 0.29) is 29.6 Å². The molecule has 0 aromatic heterocycles. The SMILES string of the molecule is COc1cc(/C=C/C(=O)N2CCN(Cc3ccc(F)cc3)C[C@H]2C)c(NC(=O)[C@@H]2CCCN2C(C)=O)cc1Cl. The van der Waals surface area contributed by atoms with Gasteiger partial charge in [-0.05, 0) is 55.7 Å². The molecule has 8 nitrogen and oxygen atoms in total. The molecule has 4 rings (SSSR count). The summed E-state index contributed by atoms with van der Waals surface area (Å²) >= 11 is 6.34. The van der Waals surface area contributed by atoms with Gasteiger partial charge in [0.15, 0.2) is 0 Å². The van der Waals surface area contributed by atoms with Crippen molar-refractivity contribution in [2.24, 2.45) is 0 Å². The van der Waals surface area contributed by atoms with Gasteiger partial charge < -0.3 is 19.9 Å². The Labute approximate surface area is 233 Å². The van der Waals surface area contributed by atoms with Gasteiger partial charge in [-0.3, -0.25) is 19.3 Å². The molecule has 0 saturated carbocycles. The molecule has 0 spiro atoms. The molecule has 3 amide bonds. The van der Waals surface area contributed by atoms with E-state index in [4.69, 9.17) is 16.3 Å². The highest BCUT2D eigenvalue weighted by Gasteiger charge is 2.33. The van der Waals surface area contributed by atoms with E-state index in [0.29, 0.717) is 61.2 Å². The van der Waals surface area contributed by atoms with Crippen LogP contribution in [0.5, 0.6) is 5.75 Å². The number of carbonyl (C=O) groups is 3. The van der Waals surface area contributed by atoms with E-state index in [1.807, 2.05) is 11.8 Å². The van der Waals surface area contributed by atoms with Gasteiger partial charge >= 0.3 is 0 Å². The zero-order valence-corrected chi connectivity index (χ0v) is 23.2. The lowest BCUT2D eigenvalue weighted by Crippen LogP contribution is -2.53. The van der Waals surface area contributed by atoms with E-state index in [1.54, 1.807) is 35.2 Å². The lowest BCUT2D eigenvalue weighted by Gasteiger charge is -2.39. The van der Waals surface area contributed by atoms with Gasteiger partial charge in [-0.1, -0.05) is 23.7 Å². The van der Waals surface area contributed by atoms with Crippen LogP contribution in [0.15, 0.2) is 42.5 Å². The fourth-order valence-corrected chi connectivity index (χ4v) is 5.45. The van der Waals surface area contributed by atoms with Gasteiger partial charge in [0.2, 0.25) is 17.7 Å². The van der Waals surface area contributed by atoms with Crippen molar-refractivity contribution in [2.45, 2.75) is 45.3 Å². The van der Waals surface area contributed by atoms with Gasteiger partial charge in [0.05, 0.1) is 12.1 Å². The molecule has 0 unspecified atom stereocenters. The molecule has 2 aliphatic heterocycles. The maximum Gasteiger partial charge on any atom is 0.247 e. The highest BCUT2D eigenvalue weighted by atomic mass is 35.5. The number of amides is 3. The number of anilines is 1. The average molecular weight is 557 g/mol. The normalized spacial score (nSPS) is 19.9. The van der Waals surface area contributed by atoms with E-state index in [0.717, 1.165) is 12.0 Å². The molecule has 2 heterocycles. The third-order valence-electron chi connectivity index (χ3n) is 7.26. The Morgan fingerprint density at radius 1 is 1.13 bits per heavy atom. The van der Waals surface area contributed by atoms with E-state index >= 15 is 0 Å². The maximum absolute atomic E-state index is 13.2. The third-order valence-corrected chi connectivity index (χ3v) is 7.56. The number of halogens is 2. The van der Waals surface area contributed by atoms with Crippen LogP contribution in [0.2, 0.25) is 5.02 Å². The number of hydrogen-bond acceptors (Lipinski definition) is 5. The largest absolute Gasteiger partial charge is 0.495 e. The van der Waals surface area contributed by atoms with Crippen LogP contribution in [0.3, 0.4) is 0 Å². The van der Waals surface area contributed by atoms with Gasteiger partial charge in [-0.15, -0.1) is 0 Å². The standard InChI is InChI=1S/C29H34ClFN4O4/c1-19-17-33(18-21-6-9-23(31)10-7-21)13-14-34(19)28(37)11-8-22-15-27(39-3)24(30)16-25(22)32-29(38)26-5-4-12-35(26)20(2)36/h6-11,15-16,19,26H,4-5,12-14,17-18H2,1-3H3,(H,32,38)/b11-8+/t19-,26+/m1/s1. The summed E-state index contributed by atoms with van der Waals surface area (Å²) < 4.78 is 18.6. The predicted molar refractivity (Wildman–Crippen MR) is 149 cm³/mol. The number of hydrogen-bond donors (Lipinski definition) is 1. The first kappa shape index (κ1) is 28.6. The summed E-state index contributed by atoms with van der Waals surface area (Å²) in [5.41, 5.74) is 2.02. The van der Waals surface area contributed by atoms with Crippen molar-refractivity contribution in [1.82, 2.24) is 14.7 Å². The van der Waals surface area contributed by atoms with Crippen LogP contribution >= 0.6 is 11.6 Å². The summed E-state index contributed by atoms with van der Waals surface area (Å²) in [6.07, 6.45) is 4.48. The number of benzene rings is 2. The molecule has 2 aromatic rings. The van der Waals surface area contributed by atoms with Gasteiger partial charge in [-0.25, -0.2) is 4.39 Å². The minimum absolute atomic E-state index is 0.0183. The van der Waals surface area contributed by atoms with Crippen molar-refractivity contribution in [3.8, 4) is 5.75 Å². The van der Waals surface area contributed by atoms with Crippen molar-refractivity contribution in [3.63, 3.8) is 0 Å². The van der Waals surface area contributed by atoms with Crippen LogP contribution in [0, 0.1) is 5.82 Å². The summed E-state index contributed by atoms with van der Waals surface area (Å²) in [4.78, 5) is 43.8. The zero-order valence-electron chi connectivity index (χ0n) is 22.5. The Hall–Kier alpha value is -3.43. The van der Waals surface area contributed by atoms with Crippen LogP contribution in [-0.4, -0.2) is 77.8 Å². The Morgan fingerprint density at radius 2 is 1.87 bits per heavy atom. The molecule has 0 bridgehead atoms. The Kier molecular flexibility index (Phi) is 9.24. The fraction of sp³-hybridized carbons (Fsp3) is 0.414. The third kappa shape index (κ3) is 6.96. The first-order chi connectivity index (χ1) is 18.7. The monoisotopic (exact) mass is 556 g/mol. The number of nitrogens with zero attached hydrogens (tertiary/aromatic N) is 3. The van der Waals surface area contributed by atoms with Gasteiger partial charge in [0.1, 0.15) is 17.6 Å². The van der Waals surface area contributed by atoms with Crippen LogP contribution in [0.1, 0.15) is 37.8 Å². The van der Waals surface area contributed by atoms with Gasteiger partial charge in [-0.2, -0.15) is 0 Å². The van der Waals surface area contributed by atoms with Crippen LogP contribution in [0.4, 0.5) is 10.1 Å². The number of carbonyl (C=O) groups excluding carboxylic acids is 3. The first-order valence-corrected chi connectivity index (χ1v) is 13.4. The molecular formula is C29H34ClFN4O4. The summed E-state index contributed by atoms with van der Waals surface area (Å²) in [7, 11) is 1.49. The van der Waals surface area contributed by atoms with Crippen molar-refractivity contribution >= 4 is 41.1 Å². The average Bonchev–Trinajstić information content (AvgIpc) is 3.40. The lowest BCUT2D eigenvalue weighted by atomic mass is 10.1. The van der Waals surface area contributed by atoms with Crippen LogP contribution in [0.25, 0.3) is 6.08 Å². The van der Waals surface area contributed by atoms with Crippen molar-refractivity contribution in [3.05, 3.63) is 64.4 Å². The maximum atomic E-state index is 13.2. The molecule has 208 valence electrons. The van der Waals surface area contributed by atoms with E-state index in [1.165, 1.54) is 32.2 Å². The smallest absolute Gasteiger partial charge is 0.247 e. The highest BCUT2D eigenvalue weighted by Crippen LogP contribution is 2.33. The van der Waals surface area contributed by atoms with Crippen molar-refractivity contribution in [2.75, 3.05) is 38.6 Å². The summed E-state index contributed by atoms with van der Waals surface area (Å²) in [6.45, 7) is 6.65. The second-order valence-electron chi connectivity index (χ2n) is 10.0. The molecule has 2 fully saturated rings. The zero-order chi connectivity index (χ0) is 28.1. The number of nitrogens with one attached hydrogen (secondary N) is 1. The molecule has 39 heavy (non-hydrogen) atoms. The number of ether oxygens (including phenoxy) is 1. The quantitative estimate of drug-likeness (QED) is 0.517. The second-order valence-corrected chi connectivity index (χ2v) is 10.4. The molecule has 0 aliphatic carbocycles. The van der Waals surface area contributed by atoms with E-state index in [2.05, 4.69) is 10.2 Å². The molecular weight excluding hydrogens is 523 g/mol. The van der Waals surface area contributed by atoms with Crippen molar-refractivity contribution in [1.29, 1.82) is 0 Å². The first-order valence-electron chi connectivity index (χ1n) is 13.1. The van der Waals surface area contributed by atoms with Crippen molar-refractivity contribution < 1.29 is 23.5 Å². The summed E-state index contributed by atoms with van der Waals surface area (Å²) in [6, 6.07) is 9.17. The molecule has 1 N–H and O–H groups in total. The minimum Gasteiger partial charge on any atom is -0.495 e. The lowest BCUT2D eigenvalue weighted by molar-refractivity contribution is -0.134. The van der Waals surface area contributed by atoms with E-state index < -0.39 is 6.04 Å². The van der Waals surface area contributed by atoms with E-state index in [9.17, 15) is 18.8 Å². The van der Waals surface area contributed by atoms with Crippen LogP contribution < -0.4 is 10.1 Å². The van der Waals surface area contributed by atoms with Crippen LogP contribution in [-0.2, 0) is 20.9 Å². The fourth-order valence-electron chi connectivity index (χ4n) is 5.21.